The number of fused-ring (bicyclic) bond motifs is 1. The molecule has 0 amide bonds. The van der Waals surface area contributed by atoms with Gasteiger partial charge in [-0.05, 0) is 24.1 Å². The molecule has 0 saturated heterocycles. The SMILES string of the molecule is COC1OCCc2cc(F)ccc21. The fourth-order valence-electron chi connectivity index (χ4n) is 1.58. The lowest BCUT2D eigenvalue weighted by Crippen LogP contribution is -2.17. The lowest BCUT2D eigenvalue weighted by molar-refractivity contribution is -0.134. The highest BCUT2D eigenvalue weighted by molar-refractivity contribution is 5.30. The van der Waals surface area contributed by atoms with Crippen molar-refractivity contribution in [2.75, 3.05) is 13.7 Å². The number of hydrogen-bond donors (Lipinski definition) is 0. The minimum Gasteiger partial charge on any atom is -0.352 e. The van der Waals surface area contributed by atoms with Gasteiger partial charge in [-0.25, -0.2) is 4.39 Å². The van der Waals surface area contributed by atoms with Gasteiger partial charge in [0, 0.05) is 12.7 Å². The van der Waals surface area contributed by atoms with Gasteiger partial charge in [-0.2, -0.15) is 0 Å². The summed E-state index contributed by atoms with van der Waals surface area (Å²) in [6.45, 7) is 0.592. The molecule has 0 bridgehead atoms. The van der Waals surface area contributed by atoms with Crippen LogP contribution in [0.5, 0.6) is 0 Å². The van der Waals surface area contributed by atoms with Gasteiger partial charge in [-0.3, -0.25) is 0 Å². The summed E-state index contributed by atoms with van der Waals surface area (Å²) in [5, 5.41) is 0. The monoisotopic (exact) mass is 182 g/mol. The van der Waals surface area contributed by atoms with Gasteiger partial charge in [0.25, 0.3) is 0 Å². The molecule has 1 aromatic rings. The molecule has 13 heavy (non-hydrogen) atoms. The summed E-state index contributed by atoms with van der Waals surface area (Å²) in [6, 6.07) is 4.70. The van der Waals surface area contributed by atoms with Crippen molar-refractivity contribution in [3.63, 3.8) is 0 Å². The number of halogens is 1. The molecule has 1 heterocycles. The molecule has 0 saturated carbocycles. The average Bonchev–Trinajstić information content (AvgIpc) is 2.16. The molecule has 1 unspecified atom stereocenters. The van der Waals surface area contributed by atoms with E-state index >= 15 is 0 Å². The third-order valence-corrected chi connectivity index (χ3v) is 2.21. The van der Waals surface area contributed by atoms with E-state index in [-0.39, 0.29) is 12.1 Å². The van der Waals surface area contributed by atoms with E-state index in [1.54, 1.807) is 19.2 Å². The molecule has 1 aliphatic rings. The zero-order chi connectivity index (χ0) is 9.26. The van der Waals surface area contributed by atoms with Crippen LogP contribution in [0, 0.1) is 5.82 Å². The largest absolute Gasteiger partial charge is 0.352 e. The standard InChI is InChI=1S/C10H11FO2/c1-12-10-9-3-2-8(11)6-7(9)4-5-13-10/h2-3,6,10H,4-5H2,1H3. The Balaban J connectivity index is 2.40. The third kappa shape index (κ3) is 1.57. The number of rotatable bonds is 1. The third-order valence-electron chi connectivity index (χ3n) is 2.21. The number of methoxy groups -OCH3 is 1. The predicted octanol–water partition coefficient (Wildman–Crippen LogP) is 2.04. The Morgan fingerprint density at radius 2 is 2.38 bits per heavy atom. The number of ether oxygens (including phenoxy) is 2. The van der Waals surface area contributed by atoms with E-state index in [1.165, 1.54) is 6.07 Å². The summed E-state index contributed by atoms with van der Waals surface area (Å²) in [5.74, 6) is -0.199. The van der Waals surface area contributed by atoms with Crippen LogP contribution < -0.4 is 0 Å². The van der Waals surface area contributed by atoms with Crippen LogP contribution in [0.1, 0.15) is 17.4 Å². The highest BCUT2D eigenvalue weighted by Gasteiger charge is 2.20. The van der Waals surface area contributed by atoms with E-state index in [2.05, 4.69) is 0 Å². The van der Waals surface area contributed by atoms with E-state index in [0.717, 1.165) is 17.5 Å². The molecule has 0 aliphatic carbocycles. The van der Waals surface area contributed by atoms with Gasteiger partial charge in [0.05, 0.1) is 6.61 Å². The van der Waals surface area contributed by atoms with Crippen molar-refractivity contribution in [3.05, 3.63) is 35.1 Å². The van der Waals surface area contributed by atoms with Crippen LogP contribution in [0.2, 0.25) is 0 Å². The molecular formula is C10H11FO2. The molecule has 0 spiro atoms. The Hall–Kier alpha value is -0.930. The lowest BCUT2D eigenvalue weighted by Gasteiger charge is -2.24. The Kier molecular flexibility index (Phi) is 2.29. The maximum absolute atomic E-state index is 12.8. The highest BCUT2D eigenvalue weighted by Crippen LogP contribution is 2.27. The number of benzene rings is 1. The fourth-order valence-corrected chi connectivity index (χ4v) is 1.58. The molecular weight excluding hydrogens is 171 g/mol. The summed E-state index contributed by atoms with van der Waals surface area (Å²) in [6.07, 6.45) is 0.428. The van der Waals surface area contributed by atoms with Crippen LogP contribution in [-0.2, 0) is 15.9 Å². The predicted molar refractivity (Wildman–Crippen MR) is 45.8 cm³/mol. The highest BCUT2D eigenvalue weighted by atomic mass is 19.1. The maximum atomic E-state index is 12.8. The molecule has 2 rings (SSSR count). The number of hydrogen-bond acceptors (Lipinski definition) is 2. The summed E-state index contributed by atoms with van der Waals surface area (Å²) < 4.78 is 23.3. The van der Waals surface area contributed by atoms with Crippen LogP contribution in [0.4, 0.5) is 4.39 Å². The normalized spacial score (nSPS) is 21.2. The minimum absolute atomic E-state index is 0.199. The van der Waals surface area contributed by atoms with Crippen molar-refractivity contribution in [3.8, 4) is 0 Å². The molecule has 0 radical (unpaired) electrons. The van der Waals surface area contributed by atoms with Crippen molar-refractivity contribution in [2.24, 2.45) is 0 Å². The Bertz CT molecular complexity index is 312. The van der Waals surface area contributed by atoms with Crippen molar-refractivity contribution < 1.29 is 13.9 Å². The minimum atomic E-state index is -0.329. The Morgan fingerprint density at radius 1 is 1.54 bits per heavy atom. The van der Waals surface area contributed by atoms with Gasteiger partial charge in [0.15, 0.2) is 6.29 Å². The second kappa shape index (κ2) is 3.44. The Morgan fingerprint density at radius 3 is 3.15 bits per heavy atom. The first kappa shape index (κ1) is 8.66. The van der Waals surface area contributed by atoms with Gasteiger partial charge < -0.3 is 9.47 Å². The van der Waals surface area contributed by atoms with Gasteiger partial charge in [0.1, 0.15) is 5.82 Å². The first-order valence-corrected chi connectivity index (χ1v) is 4.24. The maximum Gasteiger partial charge on any atom is 0.183 e. The van der Waals surface area contributed by atoms with Gasteiger partial charge in [-0.15, -0.1) is 0 Å². The molecule has 1 aromatic carbocycles. The molecule has 0 fully saturated rings. The molecule has 0 aromatic heterocycles. The molecule has 1 atom stereocenters. The second-order valence-electron chi connectivity index (χ2n) is 3.03. The van der Waals surface area contributed by atoms with E-state index in [0.29, 0.717) is 6.61 Å². The van der Waals surface area contributed by atoms with Crippen molar-refractivity contribution in [1.29, 1.82) is 0 Å². The smallest absolute Gasteiger partial charge is 0.183 e. The molecule has 3 heteroatoms. The van der Waals surface area contributed by atoms with Crippen LogP contribution in [0.3, 0.4) is 0 Å². The summed E-state index contributed by atoms with van der Waals surface area (Å²) >= 11 is 0. The molecule has 1 aliphatic heterocycles. The van der Waals surface area contributed by atoms with Crippen LogP contribution in [0.15, 0.2) is 18.2 Å². The Labute approximate surface area is 76.3 Å². The fraction of sp³-hybridized carbons (Fsp3) is 0.400. The zero-order valence-corrected chi connectivity index (χ0v) is 7.42. The van der Waals surface area contributed by atoms with Gasteiger partial charge >= 0.3 is 0 Å². The van der Waals surface area contributed by atoms with Gasteiger partial charge in [0.2, 0.25) is 0 Å². The second-order valence-corrected chi connectivity index (χ2v) is 3.03. The van der Waals surface area contributed by atoms with Crippen LogP contribution in [0.25, 0.3) is 0 Å². The van der Waals surface area contributed by atoms with E-state index in [9.17, 15) is 4.39 Å². The summed E-state index contributed by atoms with van der Waals surface area (Å²) in [7, 11) is 1.59. The molecule has 70 valence electrons. The van der Waals surface area contributed by atoms with Gasteiger partial charge in [-0.1, -0.05) is 6.07 Å². The first-order chi connectivity index (χ1) is 6.31. The molecule has 0 N–H and O–H groups in total. The van der Waals surface area contributed by atoms with Crippen molar-refractivity contribution >= 4 is 0 Å². The zero-order valence-electron chi connectivity index (χ0n) is 7.42. The van der Waals surface area contributed by atoms with Crippen LogP contribution >= 0.6 is 0 Å². The average molecular weight is 182 g/mol. The van der Waals surface area contributed by atoms with E-state index < -0.39 is 0 Å². The first-order valence-electron chi connectivity index (χ1n) is 4.24. The quantitative estimate of drug-likeness (QED) is 0.661. The van der Waals surface area contributed by atoms with Crippen molar-refractivity contribution in [2.45, 2.75) is 12.7 Å². The lowest BCUT2D eigenvalue weighted by atomic mass is 10.0. The van der Waals surface area contributed by atoms with E-state index in [4.69, 9.17) is 9.47 Å². The van der Waals surface area contributed by atoms with E-state index in [1.807, 2.05) is 0 Å². The summed E-state index contributed by atoms with van der Waals surface area (Å²) in [4.78, 5) is 0. The van der Waals surface area contributed by atoms with Crippen LogP contribution in [-0.4, -0.2) is 13.7 Å². The summed E-state index contributed by atoms with van der Waals surface area (Å²) in [5.41, 5.74) is 1.92. The topological polar surface area (TPSA) is 18.5 Å². The molecule has 2 nitrogen and oxygen atoms in total. The van der Waals surface area contributed by atoms with Crippen molar-refractivity contribution in [1.82, 2.24) is 0 Å².